The van der Waals surface area contributed by atoms with Crippen LogP contribution in [0, 0.1) is 11.3 Å². The van der Waals surface area contributed by atoms with Crippen molar-refractivity contribution in [3.63, 3.8) is 0 Å². The van der Waals surface area contributed by atoms with E-state index in [1.807, 2.05) is 0 Å². The quantitative estimate of drug-likeness (QED) is 0.348. The van der Waals surface area contributed by atoms with Gasteiger partial charge in [-0.15, -0.1) is 0 Å². The lowest BCUT2D eigenvalue weighted by atomic mass is 10.4. The van der Waals surface area contributed by atoms with Gasteiger partial charge in [0.25, 0.3) is 5.91 Å². The molecule has 7 heteroatoms. The summed E-state index contributed by atoms with van der Waals surface area (Å²) in [7, 11) is 2.38. The minimum Gasteiger partial charge on any atom is -0.468 e. The first-order chi connectivity index (χ1) is 6.65. The third kappa shape index (κ3) is 4.06. The second-order valence-electron chi connectivity index (χ2n) is 1.99. The molecule has 7 nitrogen and oxygen atoms in total. The first-order valence-electron chi connectivity index (χ1n) is 3.52. The van der Waals surface area contributed by atoms with Gasteiger partial charge in [-0.2, -0.15) is 5.26 Å². The van der Waals surface area contributed by atoms with Crippen molar-refractivity contribution < 1.29 is 19.2 Å². The van der Waals surface area contributed by atoms with Crippen molar-refractivity contribution >= 4 is 17.6 Å². The average Bonchev–Trinajstić information content (AvgIpc) is 2.21. The first kappa shape index (κ1) is 11.9. The molecule has 0 aliphatic carbocycles. The summed E-state index contributed by atoms with van der Waals surface area (Å²) in [5.41, 5.74) is -0.462. The third-order valence-electron chi connectivity index (χ3n) is 1.12. The Morgan fingerprint density at radius 2 is 2.14 bits per heavy atom. The smallest absolute Gasteiger partial charge is 0.325 e. The molecule has 0 fully saturated rings. The summed E-state index contributed by atoms with van der Waals surface area (Å²) in [5, 5.41) is 13.7. The number of esters is 1. The fraction of sp³-hybridized carbons (Fsp3) is 0.429. The van der Waals surface area contributed by atoms with Crippen molar-refractivity contribution in [1.29, 1.82) is 5.26 Å². The van der Waals surface area contributed by atoms with Crippen LogP contribution in [0.4, 0.5) is 0 Å². The molecule has 0 saturated heterocycles. The second-order valence-corrected chi connectivity index (χ2v) is 1.99. The van der Waals surface area contributed by atoms with Crippen LogP contribution >= 0.6 is 0 Å². The van der Waals surface area contributed by atoms with E-state index in [0.717, 1.165) is 0 Å². The highest BCUT2D eigenvalue weighted by molar-refractivity contribution is 6.45. The number of hydrogen-bond acceptors (Lipinski definition) is 6. The zero-order valence-corrected chi connectivity index (χ0v) is 7.73. The average molecular weight is 199 g/mol. The van der Waals surface area contributed by atoms with E-state index in [2.05, 4.69) is 20.0 Å². The van der Waals surface area contributed by atoms with Crippen LogP contribution in [0.15, 0.2) is 5.16 Å². The third-order valence-corrected chi connectivity index (χ3v) is 1.12. The summed E-state index contributed by atoms with van der Waals surface area (Å²) in [6.07, 6.45) is 0. The van der Waals surface area contributed by atoms with E-state index < -0.39 is 17.6 Å². The molecule has 14 heavy (non-hydrogen) atoms. The van der Waals surface area contributed by atoms with Crippen molar-refractivity contribution in [1.82, 2.24) is 5.32 Å². The minimum absolute atomic E-state index is 0.320. The Hall–Kier alpha value is -2.10. The number of rotatable bonds is 4. The number of carbonyl (C=O) groups excluding carboxylic acids is 2. The van der Waals surface area contributed by atoms with Gasteiger partial charge >= 0.3 is 5.97 Å². The summed E-state index contributed by atoms with van der Waals surface area (Å²) in [4.78, 5) is 25.9. The van der Waals surface area contributed by atoms with Gasteiger partial charge in [0.05, 0.1) is 7.11 Å². The summed E-state index contributed by atoms with van der Waals surface area (Å²) in [5.74, 6) is -1.41. The molecule has 1 N–H and O–H groups in total. The molecule has 0 aromatic heterocycles. The molecule has 0 aliphatic heterocycles. The number of nitrogens with zero attached hydrogens (tertiary/aromatic N) is 2. The standard InChI is InChI=1S/C7H9N3O4/c1-13-6(11)4-9-7(12)5(3-8)10-14-2/h4H2,1-2H3,(H,9,12). The van der Waals surface area contributed by atoms with Crippen molar-refractivity contribution in [2.75, 3.05) is 20.8 Å². The molecular weight excluding hydrogens is 190 g/mol. The Balaban J connectivity index is 4.15. The van der Waals surface area contributed by atoms with Gasteiger partial charge in [0.15, 0.2) is 0 Å². The number of oxime groups is 1. The fourth-order valence-corrected chi connectivity index (χ4v) is 0.512. The van der Waals surface area contributed by atoms with Crippen LogP contribution in [0.5, 0.6) is 0 Å². The number of ether oxygens (including phenoxy) is 1. The van der Waals surface area contributed by atoms with Crippen molar-refractivity contribution in [2.24, 2.45) is 5.16 Å². The molecule has 0 atom stereocenters. The number of hydrogen-bond donors (Lipinski definition) is 1. The summed E-state index contributed by atoms with van der Waals surface area (Å²) >= 11 is 0. The highest BCUT2D eigenvalue weighted by atomic mass is 16.6. The van der Waals surface area contributed by atoms with E-state index in [0.29, 0.717) is 0 Å². The predicted octanol–water partition coefficient (Wildman–Crippen LogP) is -1.20. The lowest BCUT2D eigenvalue weighted by Gasteiger charge is -2.00. The van der Waals surface area contributed by atoms with Crippen LogP contribution in [-0.2, 0) is 19.2 Å². The molecule has 0 unspecified atom stereocenters. The molecule has 0 radical (unpaired) electrons. The van der Waals surface area contributed by atoms with Crippen molar-refractivity contribution in [3.05, 3.63) is 0 Å². The van der Waals surface area contributed by atoms with Gasteiger partial charge in [-0.1, -0.05) is 5.16 Å². The van der Waals surface area contributed by atoms with Gasteiger partial charge in [0.1, 0.15) is 19.7 Å². The van der Waals surface area contributed by atoms with Gasteiger partial charge in [-0.25, -0.2) is 0 Å². The largest absolute Gasteiger partial charge is 0.468 e. The summed E-state index contributed by atoms with van der Waals surface area (Å²) < 4.78 is 4.27. The van der Waals surface area contributed by atoms with Crippen molar-refractivity contribution in [2.45, 2.75) is 0 Å². The minimum atomic E-state index is -0.792. The van der Waals surface area contributed by atoms with E-state index in [1.165, 1.54) is 20.3 Å². The number of nitriles is 1. The van der Waals surface area contributed by atoms with Gasteiger partial charge in [-0.3, -0.25) is 9.59 Å². The molecule has 76 valence electrons. The molecule has 0 saturated carbocycles. The maximum absolute atomic E-state index is 11.0. The van der Waals surface area contributed by atoms with Gasteiger partial charge in [-0.05, 0) is 0 Å². The maximum atomic E-state index is 11.0. The monoisotopic (exact) mass is 199 g/mol. The van der Waals surface area contributed by atoms with Crippen LogP contribution < -0.4 is 5.32 Å². The van der Waals surface area contributed by atoms with Crippen LogP contribution in [-0.4, -0.2) is 38.4 Å². The first-order valence-corrected chi connectivity index (χ1v) is 3.52. The predicted molar refractivity (Wildman–Crippen MR) is 45.1 cm³/mol. The number of amides is 1. The highest BCUT2D eigenvalue weighted by Crippen LogP contribution is 1.80. The topological polar surface area (TPSA) is 101 Å². The van der Waals surface area contributed by atoms with Crippen LogP contribution in [0.3, 0.4) is 0 Å². The van der Waals surface area contributed by atoms with Gasteiger partial charge in [0.2, 0.25) is 5.71 Å². The normalized spacial score (nSPS) is 9.93. The molecule has 0 aliphatic rings. The molecule has 1 amide bonds. The molecule has 0 aromatic rings. The van der Waals surface area contributed by atoms with Crippen LogP contribution in [0.2, 0.25) is 0 Å². The molecular formula is C7H9N3O4. The van der Waals surface area contributed by atoms with Crippen molar-refractivity contribution in [3.8, 4) is 6.07 Å². The Morgan fingerprint density at radius 3 is 2.57 bits per heavy atom. The van der Waals surface area contributed by atoms with E-state index in [-0.39, 0.29) is 6.54 Å². The molecule has 0 bridgehead atoms. The zero-order valence-electron chi connectivity index (χ0n) is 7.73. The van der Waals surface area contributed by atoms with Crippen LogP contribution in [0.1, 0.15) is 0 Å². The Morgan fingerprint density at radius 1 is 1.50 bits per heavy atom. The van der Waals surface area contributed by atoms with Gasteiger partial charge < -0.3 is 14.9 Å². The molecule has 0 rings (SSSR count). The number of nitrogens with one attached hydrogen (secondary N) is 1. The Kier molecular flexibility index (Phi) is 5.46. The zero-order chi connectivity index (χ0) is 11.0. The lowest BCUT2D eigenvalue weighted by Crippen LogP contribution is -2.35. The number of carbonyl (C=O) groups is 2. The lowest BCUT2D eigenvalue weighted by molar-refractivity contribution is -0.140. The molecule has 0 spiro atoms. The van der Waals surface area contributed by atoms with E-state index in [9.17, 15) is 9.59 Å². The molecule has 0 heterocycles. The number of methoxy groups -OCH3 is 1. The maximum Gasteiger partial charge on any atom is 0.325 e. The van der Waals surface area contributed by atoms with E-state index >= 15 is 0 Å². The Labute approximate surface area is 80.3 Å². The highest BCUT2D eigenvalue weighted by Gasteiger charge is 2.12. The van der Waals surface area contributed by atoms with Crippen LogP contribution in [0.25, 0.3) is 0 Å². The SMILES string of the molecule is CON=C(C#N)C(=O)NCC(=O)OC. The summed E-state index contributed by atoms with van der Waals surface area (Å²) in [6, 6.07) is 1.51. The van der Waals surface area contributed by atoms with E-state index in [4.69, 9.17) is 5.26 Å². The Bertz CT molecular complexity index is 292. The summed E-state index contributed by atoms with van der Waals surface area (Å²) in [6.45, 7) is -0.320. The molecule has 0 aromatic carbocycles. The van der Waals surface area contributed by atoms with Gasteiger partial charge in [0, 0.05) is 0 Å². The second kappa shape index (κ2) is 6.42. The van der Waals surface area contributed by atoms with E-state index in [1.54, 1.807) is 0 Å². The fourth-order valence-electron chi connectivity index (χ4n) is 0.512.